The van der Waals surface area contributed by atoms with E-state index in [-0.39, 0.29) is 11.8 Å². The predicted octanol–water partition coefficient (Wildman–Crippen LogP) is 4.52. The van der Waals surface area contributed by atoms with E-state index in [9.17, 15) is 9.59 Å². The minimum Gasteiger partial charge on any atom is -0.496 e. The number of ether oxygens (including phenoxy) is 2. The summed E-state index contributed by atoms with van der Waals surface area (Å²) < 4.78 is 10.7. The van der Waals surface area contributed by atoms with E-state index in [2.05, 4.69) is 0 Å². The zero-order valence-corrected chi connectivity index (χ0v) is 14.7. The molecule has 2 aromatic rings. The quantitative estimate of drug-likeness (QED) is 0.612. The summed E-state index contributed by atoms with van der Waals surface area (Å²) in [6.07, 6.45) is 0. The van der Waals surface area contributed by atoms with E-state index in [1.807, 2.05) is 32.9 Å². The van der Waals surface area contributed by atoms with Gasteiger partial charge in [-0.25, -0.2) is 4.79 Å². The van der Waals surface area contributed by atoms with Crippen LogP contribution in [0.15, 0.2) is 42.5 Å². The van der Waals surface area contributed by atoms with Crippen molar-refractivity contribution in [3.8, 4) is 16.9 Å². The zero-order valence-electron chi connectivity index (χ0n) is 14.7. The Hall–Kier alpha value is -2.62. The number of esters is 1. The number of ketones is 1. The first kappa shape index (κ1) is 17.7. The maximum atomic E-state index is 12.1. The van der Waals surface area contributed by atoms with Crippen LogP contribution in [0.1, 0.15) is 48.4 Å². The average molecular weight is 326 g/mol. The molecule has 0 aliphatic carbocycles. The summed E-state index contributed by atoms with van der Waals surface area (Å²) in [4.78, 5) is 23.7. The number of hydrogen-bond donors (Lipinski definition) is 0. The van der Waals surface area contributed by atoms with Gasteiger partial charge in [0, 0.05) is 11.1 Å². The number of carbonyl (C=O) groups excluding carboxylic acids is 2. The van der Waals surface area contributed by atoms with Crippen molar-refractivity contribution in [3.05, 3.63) is 53.6 Å². The Bertz CT molecular complexity index is 752. The molecule has 0 saturated carbocycles. The van der Waals surface area contributed by atoms with Crippen LogP contribution >= 0.6 is 0 Å². The second-order valence-corrected chi connectivity index (χ2v) is 6.55. The summed E-state index contributed by atoms with van der Waals surface area (Å²) >= 11 is 0. The van der Waals surface area contributed by atoms with Gasteiger partial charge in [0.1, 0.15) is 11.4 Å². The van der Waals surface area contributed by atoms with Gasteiger partial charge in [-0.3, -0.25) is 4.79 Å². The van der Waals surface area contributed by atoms with Crippen LogP contribution in [0.5, 0.6) is 5.75 Å². The van der Waals surface area contributed by atoms with Gasteiger partial charge in [0.15, 0.2) is 5.78 Å². The van der Waals surface area contributed by atoms with Gasteiger partial charge in [-0.15, -0.1) is 0 Å². The van der Waals surface area contributed by atoms with Crippen LogP contribution in [-0.4, -0.2) is 24.5 Å². The molecule has 24 heavy (non-hydrogen) atoms. The summed E-state index contributed by atoms with van der Waals surface area (Å²) in [5.41, 5.74) is 2.23. The molecule has 4 heteroatoms. The van der Waals surface area contributed by atoms with E-state index in [0.717, 1.165) is 11.1 Å². The lowest BCUT2D eigenvalue weighted by Crippen LogP contribution is -2.23. The Labute approximate surface area is 142 Å². The van der Waals surface area contributed by atoms with Gasteiger partial charge in [-0.2, -0.15) is 0 Å². The molecule has 2 rings (SSSR count). The highest BCUT2D eigenvalue weighted by Crippen LogP contribution is 2.31. The Balaban J connectivity index is 2.35. The summed E-state index contributed by atoms with van der Waals surface area (Å²) in [5, 5.41) is 0. The second kappa shape index (κ2) is 6.87. The van der Waals surface area contributed by atoms with Crippen LogP contribution in [0.4, 0.5) is 0 Å². The summed E-state index contributed by atoms with van der Waals surface area (Å²) in [5.74, 6) is 0.299. The predicted molar refractivity (Wildman–Crippen MR) is 93.6 cm³/mol. The number of benzene rings is 2. The number of hydrogen-bond acceptors (Lipinski definition) is 4. The first-order chi connectivity index (χ1) is 11.2. The first-order valence-corrected chi connectivity index (χ1v) is 7.74. The molecule has 0 aromatic heterocycles. The van der Waals surface area contributed by atoms with Crippen LogP contribution in [0.2, 0.25) is 0 Å². The Morgan fingerprint density at radius 1 is 0.917 bits per heavy atom. The molecule has 0 atom stereocenters. The van der Waals surface area contributed by atoms with Gasteiger partial charge in [-0.05, 0) is 63.6 Å². The molecule has 0 saturated heterocycles. The van der Waals surface area contributed by atoms with Gasteiger partial charge in [-0.1, -0.05) is 12.1 Å². The normalized spacial score (nSPS) is 11.0. The highest BCUT2D eigenvalue weighted by molar-refractivity contribution is 5.96. The molecule has 0 aliphatic heterocycles. The molecule has 0 aliphatic rings. The fraction of sp³-hybridized carbons (Fsp3) is 0.300. The molecule has 126 valence electrons. The van der Waals surface area contributed by atoms with Crippen molar-refractivity contribution < 1.29 is 19.1 Å². The zero-order chi connectivity index (χ0) is 17.9. The number of rotatable bonds is 4. The molecule has 0 N–H and O–H groups in total. The third-order valence-electron chi connectivity index (χ3n) is 3.44. The highest BCUT2D eigenvalue weighted by Gasteiger charge is 2.18. The minimum atomic E-state index is -0.533. The van der Waals surface area contributed by atoms with E-state index in [0.29, 0.717) is 16.9 Å². The average Bonchev–Trinajstić information content (AvgIpc) is 2.52. The fourth-order valence-corrected chi connectivity index (χ4v) is 2.28. The lowest BCUT2D eigenvalue weighted by Gasteiger charge is -2.19. The molecule has 0 spiro atoms. The number of Topliss-reactive ketones (excluding diaryl/α,β-unsaturated/α-hetero) is 1. The van der Waals surface area contributed by atoms with Gasteiger partial charge in [0.2, 0.25) is 0 Å². The summed E-state index contributed by atoms with van der Waals surface area (Å²) in [7, 11) is 1.58. The van der Waals surface area contributed by atoms with Crippen LogP contribution in [0.3, 0.4) is 0 Å². The lowest BCUT2D eigenvalue weighted by atomic mass is 9.99. The van der Waals surface area contributed by atoms with Crippen molar-refractivity contribution in [1.82, 2.24) is 0 Å². The SMILES string of the molecule is COc1ccc(C(C)=O)cc1-c1ccc(C(=O)OC(C)(C)C)cc1. The Morgan fingerprint density at radius 2 is 1.50 bits per heavy atom. The van der Waals surface area contributed by atoms with Crippen LogP contribution in [0.25, 0.3) is 11.1 Å². The lowest BCUT2D eigenvalue weighted by molar-refractivity contribution is 0.00694. The van der Waals surface area contributed by atoms with E-state index < -0.39 is 5.60 Å². The van der Waals surface area contributed by atoms with E-state index >= 15 is 0 Å². The number of methoxy groups -OCH3 is 1. The van der Waals surface area contributed by atoms with E-state index in [4.69, 9.17) is 9.47 Å². The van der Waals surface area contributed by atoms with Crippen molar-refractivity contribution in [2.75, 3.05) is 7.11 Å². The third-order valence-corrected chi connectivity index (χ3v) is 3.44. The van der Waals surface area contributed by atoms with Crippen molar-refractivity contribution >= 4 is 11.8 Å². The topological polar surface area (TPSA) is 52.6 Å². The second-order valence-electron chi connectivity index (χ2n) is 6.55. The van der Waals surface area contributed by atoms with E-state index in [1.165, 1.54) is 6.92 Å². The van der Waals surface area contributed by atoms with Crippen molar-refractivity contribution in [3.63, 3.8) is 0 Å². The van der Waals surface area contributed by atoms with Gasteiger partial charge >= 0.3 is 5.97 Å². The first-order valence-electron chi connectivity index (χ1n) is 7.74. The Kier molecular flexibility index (Phi) is 5.07. The Morgan fingerprint density at radius 3 is 2.00 bits per heavy atom. The molecule has 0 radical (unpaired) electrons. The molecule has 0 unspecified atom stereocenters. The van der Waals surface area contributed by atoms with Gasteiger partial charge < -0.3 is 9.47 Å². The standard InChI is InChI=1S/C20H22O4/c1-13(21)16-10-11-18(23-5)17(12-16)14-6-8-15(9-7-14)19(22)24-20(2,3)4/h6-12H,1-5H3. The van der Waals surface area contributed by atoms with Gasteiger partial charge in [0.05, 0.1) is 12.7 Å². The molecule has 0 amide bonds. The van der Waals surface area contributed by atoms with Crippen LogP contribution in [0, 0.1) is 0 Å². The molecule has 2 aromatic carbocycles. The highest BCUT2D eigenvalue weighted by atomic mass is 16.6. The molecule has 0 fully saturated rings. The minimum absolute atomic E-state index is 0.00993. The summed E-state index contributed by atoms with van der Waals surface area (Å²) in [6.45, 7) is 7.02. The molecule has 0 bridgehead atoms. The van der Waals surface area contributed by atoms with Crippen molar-refractivity contribution in [2.45, 2.75) is 33.3 Å². The molecular formula is C20H22O4. The molecule has 0 heterocycles. The molecule has 4 nitrogen and oxygen atoms in total. The number of carbonyl (C=O) groups is 2. The van der Waals surface area contributed by atoms with Crippen molar-refractivity contribution in [2.24, 2.45) is 0 Å². The smallest absolute Gasteiger partial charge is 0.338 e. The molecular weight excluding hydrogens is 304 g/mol. The largest absolute Gasteiger partial charge is 0.496 e. The maximum Gasteiger partial charge on any atom is 0.338 e. The van der Waals surface area contributed by atoms with E-state index in [1.54, 1.807) is 37.4 Å². The third kappa shape index (κ3) is 4.22. The monoisotopic (exact) mass is 326 g/mol. The maximum absolute atomic E-state index is 12.1. The fourth-order valence-electron chi connectivity index (χ4n) is 2.28. The van der Waals surface area contributed by atoms with Gasteiger partial charge in [0.25, 0.3) is 0 Å². The van der Waals surface area contributed by atoms with Crippen molar-refractivity contribution in [1.29, 1.82) is 0 Å². The summed E-state index contributed by atoms with van der Waals surface area (Å²) in [6, 6.07) is 12.4. The van der Waals surface area contributed by atoms with Crippen LogP contribution < -0.4 is 4.74 Å². The van der Waals surface area contributed by atoms with Crippen LogP contribution in [-0.2, 0) is 4.74 Å².